The number of carbonyl (C=O) groups excluding carboxylic acids is 2. The molecule has 208 valence electrons. The number of aryl methyl sites for hydroxylation is 2. The lowest BCUT2D eigenvalue weighted by Gasteiger charge is -2.32. The van der Waals surface area contributed by atoms with Crippen molar-refractivity contribution < 1.29 is 18.0 Å². The van der Waals surface area contributed by atoms with Crippen LogP contribution >= 0.6 is 23.2 Å². The Morgan fingerprint density at radius 3 is 1.95 bits per heavy atom. The summed E-state index contributed by atoms with van der Waals surface area (Å²) in [7, 11) is -4.16. The molecule has 0 aliphatic rings. The summed E-state index contributed by atoms with van der Waals surface area (Å²) in [6.45, 7) is 8.65. The Kier molecular flexibility index (Phi) is 10.0. The second-order valence-electron chi connectivity index (χ2n) is 9.72. The molecule has 1 N–H and O–H groups in total. The van der Waals surface area contributed by atoms with E-state index >= 15 is 0 Å². The van der Waals surface area contributed by atoms with Crippen molar-refractivity contribution in [2.45, 2.75) is 58.1 Å². The average Bonchev–Trinajstić information content (AvgIpc) is 2.88. The van der Waals surface area contributed by atoms with Gasteiger partial charge in [-0.05, 0) is 99.8 Å². The Labute approximate surface area is 240 Å². The van der Waals surface area contributed by atoms with Crippen LogP contribution in [0.15, 0.2) is 71.6 Å². The molecule has 3 aromatic carbocycles. The minimum Gasteiger partial charge on any atom is -0.352 e. The highest BCUT2D eigenvalue weighted by Gasteiger charge is 2.32. The minimum atomic E-state index is -4.16. The maximum Gasteiger partial charge on any atom is 0.264 e. The predicted octanol–water partition coefficient (Wildman–Crippen LogP) is 5.75. The summed E-state index contributed by atoms with van der Waals surface area (Å²) in [6, 6.07) is 16.9. The SMILES string of the molecule is Cc1ccc(N(CC(=O)N(Cc2ccc(Cl)cc2)C(C)C(=O)NC(C)C)S(=O)(=O)c2ccc(Cl)cc2)cc1C. The van der Waals surface area contributed by atoms with E-state index in [1.165, 1.54) is 29.2 Å². The van der Waals surface area contributed by atoms with Gasteiger partial charge in [0.05, 0.1) is 10.6 Å². The molecule has 0 fully saturated rings. The van der Waals surface area contributed by atoms with Gasteiger partial charge in [-0.15, -0.1) is 0 Å². The Morgan fingerprint density at radius 2 is 1.41 bits per heavy atom. The molecule has 1 unspecified atom stereocenters. The second kappa shape index (κ2) is 12.9. The summed E-state index contributed by atoms with van der Waals surface area (Å²) in [5.41, 5.74) is 2.94. The smallest absolute Gasteiger partial charge is 0.264 e. The number of hydrogen-bond donors (Lipinski definition) is 1. The van der Waals surface area contributed by atoms with Crippen LogP contribution in [0.5, 0.6) is 0 Å². The van der Waals surface area contributed by atoms with Crippen LogP contribution in [0.2, 0.25) is 10.0 Å². The number of rotatable bonds is 10. The van der Waals surface area contributed by atoms with Gasteiger partial charge in [-0.2, -0.15) is 0 Å². The number of anilines is 1. The van der Waals surface area contributed by atoms with Gasteiger partial charge in [0.2, 0.25) is 11.8 Å². The molecule has 0 aliphatic heterocycles. The molecular formula is C29H33Cl2N3O4S. The average molecular weight is 591 g/mol. The maximum atomic E-state index is 13.9. The van der Waals surface area contributed by atoms with Gasteiger partial charge in [0, 0.05) is 22.6 Å². The van der Waals surface area contributed by atoms with Gasteiger partial charge in [0.15, 0.2) is 0 Å². The van der Waals surface area contributed by atoms with Crippen LogP contribution in [-0.4, -0.2) is 43.8 Å². The van der Waals surface area contributed by atoms with Crippen LogP contribution in [0, 0.1) is 13.8 Å². The molecule has 7 nitrogen and oxygen atoms in total. The van der Waals surface area contributed by atoms with Gasteiger partial charge in [-0.3, -0.25) is 13.9 Å². The molecule has 0 aliphatic carbocycles. The molecule has 3 aromatic rings. The van der Waals surface area contributed by atoms with Crippen LogP contribution in [0.1, 0.15) is 37.5 Å². The van der Waals surface area contributed by atoms with E-state index in [1.807, 2.05) is 33.8 Å². The third-order valence-corrected chi connectivity index (χ3v) is 8.62. The molecule has 0 radical (unpaired) electrons. The van der Waals surface area contributed by atoms with Crippen LogP contribution in [0.25, 0.3) is 0 Å². The molecule has 0 bridgehead atoms. The zero-order valence-corrected chi connectivity index (χ0v) is 24.9. The van der Waals surface area contributed by atoms with Gasteiger partial charge in [-0.25, -0.2) is 8.42 Å². The fourth-order valence-electron chi connectivity index (χ4n) is 3.92. The monoisotopic (exact) mass is 589 g/mol. The van der Waals surface area contributed by atoms with Gasteiger partial charge in [0.1, 0.15) is 12.6 Å². The van der Waals surface area contributed by atoms with Crippen LogP contribution in [0.4, 0.5) is 5.69 Å². The van der Waals surface area contributed by atoms with Crippen molar-refractivity contribution in [3.05, 3.63) is 93.5 Å². The normalized spacial score (nSPS) is 12.2. The van der Waals surface area contributed by atoms with Crippen molar-refractivity contribution in [1.29, 1.82) is 0 Å². The van der Waals surface area contributed by atoms with Crippen LogP contribution in [-0.2, 0) is 26.2 Å². The molecule has 2 amide bonds. The van der Waals surface area contributed by atoms with E-state index in [0.29, 0.717) is 15.7 Å². The maximum absolute atomic E-state index is 13.9. The van der Waals surface area contributed by atoms with Crippen LogP contribution < -0.4 is 9.62 Å². The van der Waals surface area contributed by atoms with E-state index in [2.05, 4.69) is 5.32 Å². The van der Waals surface area contributed by atoms with E-state index in [9.17, 15) is 18.0 Å². The lowest BCUT2D eigenvalue weighted by Crippen LogP contribution is -2.52. The summed E-state index contributed by atoms with van der Waals surface area (Å²) in [6.07, 6.45) is 0. The molecule has 0 saturated carbocycles. The van der Waals surface area contributed by atoms with Crippen molar-refractivity contribution >= 4 is 50.7 Å². The third kappa shape index (κ3) is 7.75. The molecule has 10 heteroatoms. The first-order chi connectivity index (χ1) is 18.3. The Morgan fingerprint density at radius 1 is 0.846 bits per heavy atom. The van der Waals surface area contributed by atoms with E-state index in [4.69, 9.17) is 23.2 Å². The Hall–Kier alpha value is -3.07. The molecule has 0 saturated heterocycles. The van der Waals surface area contributed by atoms with E-state index < -0.39 is 28.5 Å². The number of sulfonamides is 1. The summed E-state index contributed by atoms with van der Waals surface area (Å²) >= 11 is 12.0. The highest BCUT2D eigenvalue weighted by molar-refractivity contribution is 7.92. The number of halogens is 2. The highest BCUT2D eigenvalue weighted by Crippen LogP contribution is 2.27. The predicted molar refractivity (Wildman–Crippen MR) is 157 cm³/mol. The van der Waals surface area contributed by atoms with Crippen molar-refractivity contribution in [2.24, 2.45) is 0 Å². The standard InChI is InChI=1S/C29H33Cl2N3O4S/c1-19(2)32-29(36)22(5)33(17-23-7-9-24(30)10-8-23)28(35)18-34(26-13-6-20(3)21(4)16-26)39(37,38)27-14-11-25(31)12-15-27/h6-16,19,22H,17-18H2,1-5H3,(H,32,36). The number of nitrogens with one attached hydrogen (secondary N) is 1. The molecular weight excluding hydrogens is 557 g/mol. The highest BCUT2D eigenvalue weighted by atomic mass is 35.5. The fourth-order valence-corrected chi connectivity index (χ4v) is 5.58. The molecule has 39 heavy (non-hydrogen) atoms. The van der Waals surface area contributed by atoms with Gasteiger partial charge < -0.3 is 10.2 Å². The van der Waals surface area contributed by atoms with Crippen molar-refractivity contribution in [3.63, 3.8) is 0 Å². The second-order valence-corrected chi connectivity index (χ2v) is 12.5. The molecule has 1 atom stereocenters. The summed E-state index contributed by atoms with van der Waals surface area (Å²) in [4.78, 5) is 28.2. The summed E-state index contributed by atoms with van der Waals surface area (Å²) in [5, 5.41) is 3.76. The van der Waals surface area contributed by atoms with E-state index in [1.54, 1.807) is 43.3 Å². The van der Waals surface area contributed by atoms with E-state index in [-0.39, 0.29) is 23.4 Å². The number of carbonyl (C=O) groups is 2. The Bertz CT molecular complexity index is 1430. The lowest BCUT2D eigenvalue weighted by atomic mass is 10.1. The summed E-state index contributed by atoms with van der Waals surface area (Å²) < 4.78 is 28.8. The Balaban J connectivity index is 2.05. The van der Waals surface area contributed by atoms with E-state index in [0.717, 1.165) is 21.0 Å². The first-order valence-corrected chi connectivity index (χ1v) is 14.7. The fraction of sp³-hybridized carbons (Fsp3) is 0.310. The molecule has 0 heterocycles. The van der Waals surface area contributed by atoms with Gasteiger partial charge >= 0.3 is 0 Å². The molecule has 0 spiro atoms. The topological polar surface area (TPSA) is 86.8 Å². The number of benzene rings is 3. The van der Waals surface area contributed by atoms with Gasteiger partial charge in [-0.1, -0.05) is 41.4 Å². The number of nitrogens with zero attached hydrogens (tertiary/aromatic N) is 2. The third-order valence-electron chi connectivity index (χ3n) is 6.32. The van der Waals surface area contributed by atoms with Crippen molar-refractivity contribution in [3.8, 4) is 0 Å². The largest absolute Gasteiger partial charge is 0.352 e. The van der Waals surface area contributed by atoms with Gasteiger partial charge in [0.25, 0.3) is 10.0 Å². The van der Waals surface area contributed by atoms with Crippen molar-refractivity contribution in [1.82, 2.24) is 10.2 Å². The quantitative estimate of drug-likeness (QED) is 0.326. The number of amides is 2. The minimum absolute atomic E-state index is 0.00669. The number of hydrogen-bond acceptors (Lipinski definition) is 4. The first kappa shape index (κ1) is 30.5. The zero-order chi connectivity index (χ0) is 28.9. The van der Waals surface area contributed by atoms with Crippen molar-refractivity contribution in [2.75, 3.05) is 10.8 Å². The van der Waals surface area contributed by atoms with Crippen LogP contribution in [0.3, 0.4) is 0 Å². The first-order valence-electron chi connectivity index (χ1n) is 12.5. The molecule has 0 aromatic heterocycles. The summed E-state index contributed by atoms with van der Waals surface area (Å²) in [5.74, 6) is -0.877. The molecule has 3 rings (SSSR count). The zero-order valence-electron chi connectivity index (χ0n) is 22.6. The lowest BCUT2D eigenvalue weighted by molar-refractivity contribution is -0.139.